The Bertz CT molecular complexity index is 1170. The SMILES string of the molecule is CNc1cc(F)c(C(=O)Nc2ccc(N)c(C(=N)c3cnoc3C)c2)c(F)c1C=N. The molecule has 0 spiro atoms. The number of halogens is 2. The zero-order valence-corrected chi connectivity index (χ0v) is 16.1. The van der Waals surface area contributed by atoms with E-state index in [-0.39, 0.29) is 33.9 Å². The van der Waals surface area contributed by atoms with Crippen molar-refractivity contribution in [1.82, 2.24) is 5.16 Å². The van der Waals surface area contributed by atoms with Crippen LogP contribution in [-0.2, 0) is 0 Å². The van der Waals surface area contributed by atoms with Crippen molar-refractivity contribution in [2.75, 3.05) is 23.4 Å². The molecule has 0 atom stereocenters. The number of rotatable bonds is 6. The number of anilines is 3. The number of amides is 1. The van der Waals surface area contributed by atoms with Gasteiger partial charge in [0.25, 0.3) is 5.91 Å². The van der Waals surface area contributed by atoms with Gasteiger partial charge in [-0.1, -0.05) is 5.16 Å². The summed E-state index contributed by atoms with van der Waals surface area (Å²) in [6.07, 6.45) is 2.07. The molecule has 3 rings (SSSR count). The molecule has 0 bridgehead atoms. The van der Waals surface area contributed by atoms with Crippen LogP contribution in [0.1, 0.15) is 32.8 Å². The zero-order valence-electron chi connectivity index (χ0n) is 16.1. The van der Waals surface area contributed by atoms with Gasteiger partial charge in [0, 0.05) is 35.9 Å². The summed E-state index contributed by atoms with van der Waals surface area (Å²) in [5, 5.41) is 24.3. The monoisotopic (exact) mass is 412 g/mol. The first-order chi connectivity index (χ1) is 14.3. The van der Waals surface area contributed by atoms with E-state index >= 15 is 0 Å². The highest BCUT2D eigenvalue weighted by molar-refractivity contribution is 6.15. The van der Waals surface area contributed by atoms with E-state index in [1.807, 2.05) is 0 Å². The number of nitrogens with two attached hydrogens (primary N) is 1. The van der Waals surface area contributed by atoms with Crippen molar-refractivity contribution in [3.63, 3.8) is 0 Å². The van der Waals surface area contributed by atoms with Crippen molar-refractivity contribution >= 4 is 34.9 Å². The summed E-state index contributed by atoms with van der Waals surface area (Å²) >= 11 is 0. The van der Waals surface area contributed by atoms with E-state index in [0.29, 0.717) is 17.5 Å². The van der Waals surface area contributed by atoms with Crippen molar-refractivity contribution in [2.45, 2.75) is 6.92 Å². The van der Waals surface area contributed by atoms with Crippen LogP contribution in [0.4, 0.5) is 25.8 Å². The molecule has 0 aliphatic heterocycles. The van der Waals surface area contributed by atoms with Gasteiger partial charge < -0.3 is 26.3 Å². The quantitative estimate of drug-likeness (QED) is 0.311. The molecular formula is C20H18F2N6O2. The summed E-state index contributed by atoms with van der Waals surface area (Å²) in [5.74, 6) is -2.86. The lowest BCUT2D eigenvalue weighted by molar-refractivity contribution is 0.101. The maximum Gasteiger partial charge on any atom is 0.261 e. The number of hydrogen-bond donors (Lipinski definition) is 5. The Morgan fingerprint density at radius 1 is 1.27 bits per heavy atom. The second kappa shape index (κ2) is 8.11. The van der Waals surface area contributed by atoms with Gasteiger partial charge in [0.2, 0.25) is 0 Å². The Hall–Kier alpha value is -4.08. The topological polar surface area (TPSA) is 141 Å². The lowest BCUT2D eigenvalue weighted by Crippen LogP contribution is -2.18. The van der Waals surface area contributed by atoms with E-state index in [0.717, 1.165) is 6.07 Å². The predicted molar refractivity (Wildman–Crippen MR) is 110 cm³/mol. The summed E-state index contributed by atoms with van der Waals surface area (Å²) in [7, 11) is 1.45. The van der Waals surface area contributed by atoms with Gasteiger partial charge in [-0.05, 0) is 31.2 Å². The number of nitrogens with one attached hydrogen (secondary N) is 4. The van der Waals surface area contributed by atoms with Gasteiger partial charge in [-0.2, -0.15) is 0 Å². The van der Waals surface area contributed by atoms with Crippen LogP contribution in [0.5, 0.6) is 0 Å². The fourth-order valence-electron chi connectivity index (χ4n) is 2.92. The summed E-state index contributed by atoms with van der Waals surface area (Å²) < 4.78 is 34.0. The van der Waals surface area contributed by atoms with Crippen molar-refractivity contribution in [2.24, 2.45) is 0 Å². The van der Waals surface area contributed by atoms with Crippen molar-refractivity contribution in [1.29, 1.82) is 10.8 Å². The average molecular weight is 412 g/mol. The molecule has 1 amide bonds. The fraction of sp³-hybridized carbons (Fsp3) is 0.100. The van der Waals surface area contributed by atoms with Gasteiger partial charge in [-0.3, -0.25) is 10.2 Å². The highest BCUT2D eigenvalue weighted by atomic mass is 19.1. The number of nitrogen functional groups attached to an aromatic ring is 1. The molecule has 0 saturated carbocycles. The number of carbonyl (C=O) groups excluding carboxylic acids is 1. The number of aryl methyl sites for hydroxylation is 1. The molecule has 0 unspecified atom stereocenters. The first kappa shape index (κ1) is 20.6. The smallest absolute Gasteiger partial charge is 0.261 e. The highest BCUT2D eigenvalue weighted by Crippen LogP contribution is 2.26. The summed E-state index contributed by atoms with van der Waals surface area (Å²) in [6, 6.07) is 5.26. The molecule has 0 saturated heterocycles. The van der Waals surface area contributed by atoms with Gasteiger partial charge in [0.05, 0.1) is 23.0 Å². The van der Waals surface area contributed by atoms with Crippen LogP contribution in [0.15, 0.2) is 35.0 Å². The Labute approximate surface area is 170 Å². The van der Waals surface area contributed by atoms with Crippen LogP contribution in [0.3, 0.4) is 0 Å². The molecule has 1 heterocycles. The van der Waals surface area contributed by atoms with Crippen LogP contribution in [0, 0.1) is 29.4 Å². The number of hydrogen-bond acceptors (Lipinski definition) is 7. The number of benzene rings is 2. The maximum atomic E-state index is 14.7. The molecule has 0 radical (unpaired) electrons. The maximum absolute atomic E-state index is 14.7. The minimum absolute atomic E-state index is 0.0178. The molecule has 2 aromatic carbocycles. The fourth-order valence-corrected chi connectivity index (χ4v) is 2.92. The molecule has 0 aliphatic carbocycles. The Morgan fingerprint density at radius 3 is 2.60 bits per heavy atom. The van der Waals surface area contributed by atoms with Gasteiger partial charge in [-0.15, -0.1) is 0 Å². The first-order valence-corrected chi connectivity index (χ1v) is 8.70. The molecule has 154 valence electrons. The average Bonchev–Trinajstić information content (AvgIpc) is 3.14. The van der Waals surface area contributed by atoms with Gasteiger partial charge in [0.15, 0.2) is 0 Å². The van der Waals surface area contributed by atoms with Gasteiger partial charge in [0.1, 0.15) is 23.0 Å². The summed E-state index contributed by atoms with van der Waals surface area (Å²) in [4.78, 5) is 12.6. The molecule has 0 aliphatic rings. The Balaban J connectivity index is 1.96. The van der Waals surface area contributed by atoms with Crippen LogP contribution in [0.2, 0.25) is 0 Å². The second-order valence-corrected chi connectivity index (χ2v) is 6.33. The summed E-state index contributed by atoms with van der Waals surface area (Å²) in [6.45, 7) is 1.64. The van der Waals surface area contributed by atoms with Crippen LogP contribution >= 0.6 is 0 Å². The Morgan fingerprint density at radius 2 is 2.00 bits per heavy atom. The van der Waals surface area contributed by atoms with E-state index in [2.05, 4.69) is 15.8 Å². The largest absolute Gasteiger partial charge is 0.398 e. The number of carbonyl (C=O) groups is 1. The Kier molecular flexibility index (Phi) is 5.58. The molecule has 8 nitrogen and oxygen atoms in total. The minimum Gasteiger partial charge on any atom is -0.398 e. The van der Waals surface area contributed by atoms with E-state index in [4.69, 9.17) is 21.1 Å². The summed E-state index contributed by atoms with van der Waals surface area (Å²) in [5.41, 5.74) is 6.09. The van der Waals surface area contributed by atoms with E-state index in [1.165, 1.54) is 31.4 Å². The second-order valence-electron chi connectivity index (χ2n) is 6.33. The molecule has 1 aromatic heterocycles. The highest BCUT2D eigenvalue weighted by Gasteiger charge is 2.23. The third-order valence-electron chi connectivity index (χ3n) is 4.50. The third-order valence-corrected chi connectivity index (χ3v) is 4.50. The van der Waals surface area contributed by atoms with Crippen LogP contribution < -0.4 is 16.4 Å². The van der Waals surface area contributed by atoms with E-state index < -0.39 is 23.1 Å². The van der Waals surface area contributed by atoms with E-state index in [1.54, 1.807) is 6.92 Å². The molecule has 0 fully saturated rings. The molecular weight excluding hydrogens is 394 g/mol. The lowest BCUT2D eigenvalue weighted by Gasteiger charge is -2.13. The minimum atomic E-state index is -1.16. The third kappa shape index (κ3) is 3.62. The standard InChI is InChI=1S/C20H18F2N6O2/c1-9-13(8-27-30-9)19(25)11-5-10(3-4-15(11)24)28-20(29)17-14(21)6-16(26-2)12(7-23)18(17)22/h3-8,23,25-26H,24H2,1-2H3,(H,28,29). The van der Waals surface area contributed by atoms with E-state index in [9.17, 15) is 13.6 Å². The molecule has 6 N–H and O–H groups in total. The van der Waals surface area contributed by atoms with Crippen LogP contribution in [0.25, 0.3) is 0 Å². The van der Waals surface area contributed by atoms with Crippen LogP contribution in [-0.4, -0.2) is 30.0 Å². The first-order valence-electron chi connectivity index (χ1n) is 8.70. The molecule has 30 heavy (non-hydrogen) atoms. The lowest BCUT2D eigenvalue weighted by atomic mass is 10.0. The van der Waals surface area contributed by atoms with Crippen molar-refractivity contribution in [3.8, 4) is 0 Å². The zero-order chi connectivity index (χ0) is 22.0. The van der Waals surface area contributed by atoms with Gasteiger partial charge in [-0.25, -0.2) is 8.78 Å². The van der Waals surface area contributed by atoms with Crippen molar-refractivity contribution < 1.29 is 18.1 Å². The van der Waals surface area contributed by atoms with Gasteiger partial charge >= 0.3 is 0 Å². The number of nitrogens with zero attached hydrogens (tertiary/aromatic N) is 1. The predicted octanol–water partition coefficient (Wildman–Crippen LogP) is 3.55. The number of aromatic nitrogens is 1. The van der Waals surface area contributed by atoms with Crippen molar-refractivity contribution in [3.05, 3.63) is 70.1 Å². The molecule has 3 aromatic rings. The molecule has 10 heteroatoms. The normalized spacial score (nSPS) is 10.5.